The van der Waals surface area contributed by atoms with E-state index in [2.05, 4.69) is 11.5 Å². The number of amides is 2. The van der Waals surface area contributed by atoms with Crippen LogP contribution in [0.1, 0.15) is 34.1 Å². The Morgan fingerprint density at radius 3 is 2.57 bits per heavy atom. The van der Waals surface area contributed by atoms with Gasteiger partial charge in [0.1, 0.15) is 11.1 Å². The molecule has 6 nitrogen and oxygen atoms in total. The first-order valence-corrected chi connectivity index (χ1v) is 8.32. The maximum absolute atomic E-state index is 13.1. The molecule has 6 heteroatoms. The molecule has 130 valence electrons. The zero-order valence-electron chi connectivity index (χ0n) is 14.7. The Bertz CT molecular complexity index is 498. The van der Waals surface area contributed by atoms with Crippen molar-refractivity contribution < 1.29 is 14.7 Å². The van der Waals surface area contributed by atoms with Crippen LogP contribution >= 0.6 is 0 Å². The highest BCUT2D eigenvalue weighted by Gasteiger charge is 2.54. The van der Waals surface area contributed by atoms with Crippen LogP contribution in [-0.4, -0.2) is 81.5 Å². The number of hydrogen-bond acceptors (Lipinski definition) is 4. The van der Waals surface area contributed by atoms with Crippen molar-refractivity contribution in [1.29, 1.82) is 0 Å². The van der Waals surface area contributed by atoms with E-state index in [9.17, 15) is 14.7 Å². The summed E-state index contributed by atoms with van der Waals surface area (Å²) < 4.78 is 0. The lowest BCUT2D eigenvalue weighted by molar-refractivity contribution is -0.154. The van der Waals surface area contributed by atoms with Crippen LogP contribution in [0.15, 0.2) is 12.7 Å². The second kappa shape index (κ2) is 6.24. The lowest BCUT2D eigenvalue weighted by Gasteiger charge is -2.48. The zero-order chi connectivity index (χ0) is 17.4. The summed E-state index contributed by atoms with van der Waals surface area (Å²) in [5.74, 6) is -0.228. The van der Waals surface area contributed by atoms with E-state index in [0.29, 0.717) is 32.6 Å². The van der Waals surface area contributed by atoms with Crippen LogP contribution in [-0.2, 0) is 9.59 Å². The van der Waals surface area contributed by atoms with Gasteiger partial charge in [0.05, 0.1) is 0 Å². The molecule has 2 aliphatic rings. The maximum atomic E-state index is 13.1. The third kappa shape index (κ3) is 3.15. The highest BCUT2D eigenvalue weighted by Crippen LogP contribution is 2.34. The van der Waals surface area contributed by atoms with Crippen molar-refractivity contribution in [2.75, 3.05) is 32.7 Å². The van der Waals surface area contributed by atoms with Crippen LogP contribution < -0.4 is 0 Å². The number of likely N-dealkylation sites (tertiary alicyclic amines) is 1. The fourth-order valence-electron chi connectivity index (χ4n) is 3.65. The lowest BCUT2D eigenvalue weighted by Crippen LogP contribution is -2.68. The molecule has 0 aromatic heterocycles. The van der Waals surface area contributed by atoms with E-state index in [1.54, 1.807) is 11.0 Å². The highest BCUT2D eigenvalue weighted by molar-refractivity contribution is 5.91. The van der Waals surface area contributed by atoms with Crippen LogP contribution in [0.5, 0.6) is 0 Å². The van der Waals surface area contributed by atoms with Crippen molar-refractivity contribution in [1.82, 2.24) is 14.7 Å². The maximum Gasteiger partial charge on any atom is 0.254 e. The summed E-state index contributed by atoms with van der Waals surface area (Å²) in [5.41, 5.74) is -2.10. The molecule has 0 aromatic carbocycles. The van der Waals surface area contributed by atoms with Crippen LogP contribution in [0.2, 0.25) is 0 Å². The van der Waals surface area contributed by atoms with E-state index in [0.717, 1.165) is 6.54 Å². The van der Waals surface area contributed by atoms with Gasteiger partial charge in [0.15, 0.2) is 0 Å². The van der Waals surface area contributed by atoms with Gasteiger partial charge in [0, 0.05) is 38.8 Å². The highest BCUT2D eigenvalue weighted by atomic mass is 16.3. The standard InChI is InChI=1S/C17H29N3O3/c1-6-8-19-10-11-20(13(2)3)15(22)17(19)7-9-18(12-17)14(21)16(4,5)23/h6,13,23H,1,7-12H2,2-5H3/t17-/m0/s1. The Balaban J connectivity index is 2.29. The molecular formula is C17H29N3O3. The molecule has 2 saturated heterocycles. The first-order valence-electron chi connectivity index (χ1n) is 8.32. The topological polar surface area (TPSA) is 64.1 Å². The summed E-state index contributed by atoms with van der Waals surface area (Å²) in [6.45, 7) is 13.8. The summed E-state index contributed by atoms with van der Waals surface area (Å²) in [6, 6.07) is 0.143. The van der Waals surface area contributed by atoms with E-state index in [-0.39, 0.29) is 17.9 Å². The lowest BCUT2D eigenvalue weighted by atomic mass is 9.90. The van der Waals surface area contributed by atoms with Crippen molar-refractivity contribution in [3.05, 3.63) is 12.7 Å². The molecule has 1 N–H and O–H groups in total. The fraction of sp³-hybridized carbons (Fsp3) is 0.765. The van der Waals surface area contributed by atoms with Crippen molar-refractivity contribution >= 4 is 11.8 Å². The van der Waals surface area contributed by atoms with Crippen molar-refractivity contribution in [3.8, 4) is 0 Å². The number of nitrogens with zero attached hydrogens (tertiary/aromatic N) is 3. The van der Waals surface area contributed by atoms with Gasteiger partial charge in [-0.15, -0.1) is 6.58 Å². The molecule has 2 heterocycles. The van der Waals surface area contributed by atoms with Gasteiger partial charge in [-0.25, -0.2) is 0 Å². The minimum atomic E-state index is -1.41. The van der Waals surface area contributed by atoms with Gasteiger partial charge in [-0.3, -0.25) is 14.5 Å². The van der Waals surface area contributed by atoms with Crippen LogP contribution in [0, 0.1) is 0 Å². The first kappa shape index (κ1) is 17.9. The average Bonchev–Trinajstić information content (AvgIpc) is 2.88. The molecule has 0 aromatic rings. The van der Waals surface area contributed by atoms with E-state index in [1.807, 2.05) is 18.7 Å². The number of aliphatic hydroxyl groups is 1. The molecule has 2 fully saturated rings. The summed E-state index contributed by atoms with van der Waals surface area (Å²) in [5, 5.41) is 9.99. The van der Waals surface area contributed by atoms with Gasteiger partial charge in [0.2, 0.25) is 5.91 Å². The molecule has 23 heavy (non-hydrogen) atoms. The first-order chi connectivity index (χ1) is 10.6. The third-order valence-corrected chi connectivity index (χ3v) is 4.91. The van der Waals surface area contributed by atoms with Gasteiger partial charge >= 0.3 is 0 Å². The van der Waals surface area contributed by atoms with Crippen LogP contribution in [0.25, 0.3) is 0 Å². The Labute approximate surface area is 138 Å². The number of carbonyl (C=O) groups excluding carboxylic acids is 2. The van der Waals surface area contributed by atoms with Gasteiger partial charge < -0.3 is 14.9 Å². The Morgan fingerprint density at radius 2 is 2.04 bits per heavy atom. The molecule has 0 aliphatic carbocycles. The Hall–Kier alpha value is -1.40. The third-order valence-electron chi connectivity index (χ3n) is 4.91. The number of carbonyl (C=O) groups is 2. The second-order valence-corrected chi connectivity index (χ2v) is 7.39. The molecule has 0 saturated carbocycles. The zero-order valence-corrected chi connectivity index (χ0v) is 14.7. The monoisotopic (exact) mass is 323 g/mol. The molecule has 2 amide bonds. The minimum absolute atomic E-state index is 0.0895. The van der Waals surface area contributed by atoms with Crippen LogP contribution in [0.4, 0.5) is 0 Å². The van der Waals surface area contributed by atoms with Crippen molar-refractivity contribution in [3.63, 3.8) is 0 Å². The second-order valence-electron chi connectivity index (χ2n) is 7.39. The quantitative estimate of drug-likeness (QED) is 0.764. The summed E-state index contributed by atoms with van der Waals surface area (Å²) in [6.07, 6.45) is 2.41. The van der Waals surface area contributed by atoms with Crippen molar-refractivity contribution in [2.24, 2.45) is 0 Å². The molecule has 0 radical (unpaired) electrons. The van der Waals surface area contributed by atoms with E-state index in [4.69, 9.17) is 0 Å². The molecule has 1 spiro atoms. The molecule has 0 bridgehead atoms. The SMILES string of the molecule is C=CCN1CCN(C(C)C)C(=O)[C@@]12CCN(C(=O)C(C)(C)O)C2. The van der Waals surface area contributed by atoms with Gasteiger partial charge in [-0.1, -0.05) is 6.08 Å². The van der Waals surface area contributed by atoms with E-state index < -0.39 is 11.1 Å². The number of rotatable bonds is 4. The van der Waals surface area contributed by atoms with Gasteiger partial charge in [-0.05, 0) is 34.1 Å². The van der Waals surface area contributed by atoms with Gasteiger partial charge in [-0.2, -0.15) is 0 Å². The van der Waals surface area contributed by atoms with Crippen LogP contribution in [0.3, 0.4) is 0 Å². The van der Waals surface area contributed by atoms with E-state index in [1.165, 1.54) is 13.8 Å². The Morgan fingerprint density at radius 1 is 1.39 bits per heavy atom. The molecular weight excluding hydrogens is 294 g/mol. The summed E-state index contributed by atoms with van der Waals surface area (Å²) in [4.78, 5) is 31.2. The minimum Gasteiger partial charge on any atom is -0.381 e. The van der Waals surface area contributed by atoms with Crippen molar-refractivity contribution in [2.45, 2.75) is 51.3 Å². The fourth-order valence-corrected chi connectivity index (χ4v) is 3.65. The molecule has 2 aliphatic heterocycles. The number of piperazine rings is 1. The predicted octanol–water partition coefficient (Wildman–Crippen LogP) is 0.467. The normalized spacial score (nSPS) is 26.4. The molecule has 2 rings (SSSR count). The largest absolute Gasteiger partial charge is 0.381 e. The average molecular weight is 323 g/mol. The Kier molecular flexibility index (Phi) is 4.87. The van der Waals surface area contributed by atoms with Gasteiger partial charge in [0.25, 0.3) is 5.91 Å². The predicted molar refractivity (Wildman–Crippen MR) is 88.8 cm³/mol. The molecule has 0 unspecified atom stereocenters. The summed E-state index contributed by atoms with van der Waals surface area (Å²) in [7, 11) is 0. The molecule has 1 atom stereocenters. The summed E-state index contributed by atoms with van der Waals surface area (Å²) >= 11 is 0. The number of hydrogen-bond donors (Lipinski definition) is 1. The smallest absolute Gasteiger partial charge is 0.254 e. The van der Waals surface area contributed by atoms with E-state index >= 15 is 0 Å².